The number of ether oxygens (including phenoxy) is 1. The van der Waals surface area contributed by atoms with E-state index in [1.807, 2.05) is 65.8 Å². The summed E-state index contributed by atoms with van der Waals surface area (Å²) < 4.78 is 5.49. The zero-order valence-corrected chi connectivity index (χ0v) is 23.3. The molecule has 0 bridgehead atoms. The molecule has 0 saturated carbocycles. The Kier molecular flexibility index (Phi) is 7.69. The van der Waals surface area contributed by atoms with Crippen LogP contribution in [0.4, 0.5) is 14.7 Å². The number of aryl methyl sites for hydroxylation is 2. The fourth-order valence-corrected chi connectivity index (χ4v) is 5.35. The van der Waals surface area contributed by atoms with Gasteiger partial charge in [0.25, 0.3) is 0 Å². The van der Waals surface area contributed by atoms with Gasteiger partial charge in [0, 0.05) is 42.6 Å². The average molecular weight is 533 g/mol. The summed E-state index contributed by atoms with van der Waals surface area (Å²) in [7, 11) is 0. The van der Waals surface area contributed by atoms with Crippen LogP contribution >= 0.6 is 11.3 Å². The summed E-state index contributed by atoms with van der Waals surface area (Å²) in [6.07, 6.45) is -0.374. The molecule has 1 fully saturated rings. The number of nitrogens with one attached hydrogen (secondary N) is 1. The van der Waals surface area contributed by atoms with Gasteiger partial charge in [0.15, 0.2) is 5.13 Å². The third-order valence-electron chi connectivity index (χ3n) is 5.99. The van der Waals surface area contributed by atoms with Crippen LogP contribution in [0.25, 0.3) is 21.7 Å². The Morgan fingerprint density at radius 2 is 1.82 bits per heavy atom. The largest absolute Gasteiger partial charge is 0.444 e. The molecule has 3 aromatic rings. The number of piperazine rings is 1. The van der Waals surface area contributed by atoms with Crippen LogP contribution in [0.2, 0.25) is 0 Å². The van der Waals surface area contributed by atoms with E-state index in [0.29, 0.717) is 36.0 Å². The summed E-state index contributed by atoms with van der Waals surface area (Å²) in [5, 5.41) is 12.8. The number of benzene rings is 1. The summed E-state index contributed by atoms with van der Waals surface area (Å²) in [4.78, 5) is 39.2. The number of nitrogens with zero attached hydrogens (tertiary/aromatic N) is 5. The molecule has 2 aromatic heterocycles. The van der Waals surface area contributed by atoms with E-state index in [1.165, 1.54) is 11.3 Å². The summed E-state index contributed by atoms with van der Waals surface area (Å²) >= 11 is 1.38. The Labute approximate surface area is 227 Å². The van der Waals surface area contributed by atoms with Gasteiger partial charge in [0.2, 0.25) is 0 Å². The molecule has 1 aliphatic heterocycles. The van der Waals surface area contributed by atoms with Crippen molar-refractivity contribution in [3.8, 4) is 27.8 Å². The molecule has 3 heterocycles. The molecule has 9 nitrogen and oxygen atoms in total. The van der Waals surface area contributed by atoms with Crippen LogP contribution in [-0.2, 0) is 4.74 Å². The zero-order chi connectivity index (χ0) is 27.6. The first-order valence-corrected chi connectivity index (χ1v) is 13.3. The summed E-state index contributed by atoms with van der Waals surface area (Å²) in [5.41, 5.74) is 4.15. The van der Waals surface area contributed by atoms with Crippen molar-refractivity contribution in [1.82, 2.24) is 19.8 Å². The quantitative estimate of drug-likeness (QED) is 0.454. The van der Waals surface area contributed by atoms with Crippen molar-refractivity contribution in [2.24, 2.45) is 0 Å². The summed E-state index contributed by atoms with van der Waals surface area (Å²) in [6, 6.07) is 12.9. The van der Waals surface area contributed by atoms with Gasteiger partial charge in [0.1, 0.15) is 5.60 Å². The predicted octanol–water partition coefficient (Wildman–Crippen LogP) is 5.83. The first-order valence-electron chi connectivity index (χ1n) is 12.5. The van der Waals surface area contributed by atoms with Gasteiger partial charge < -0.3 is 14.5 Å². The topological polar surface area (TPSA) is 111 Å². The molecule has 3 amide bonds. The average Bonchev–Trinajstić information content (AvgIpc) is 3.26. The first-order chi connectivity index (χ1) is 17.9. The maximum atomic E-state index is 13.3. The van der Waals surface area contributed by atoms with Gasteiger partial charge in [0.05, 0.1) is 22.2 Å². The number of aromatic nitrogens is 2. The van der Waals surface area contributed by atoms with E-state index in [0.717, 1.165) is 27.4 Å². The maximum absolute atomic E-state index is 13.3. The highest BCUT2D eigenvalue weighted by atomic mass is 32.1. The van der Waals surface area contributed by atoms with E-state index >= 15 is 0 Å². The molecule has 0 radical (unpaired) electrons. The van der Waals surface area contributed by atoms with Crippen molar-refractivity contribution in [3.63, 3.8) is 0 Å². The minimum Gasteiger partial charge on any atom is -0.444 e. The van der Waals surface area contributed by atoms with E-state index in [4.69, 9.17) is 9.72 Å². The molecule has 1 N–H and O–H groups in total. The number of hydrogen-bond donors (Lipinski definition) is 1. The SMILES string of the molecule is Cc1cc(-c2sc(NC(=O)N3CCN(C(=O)OC(C)(C)C)C[C@H]3C)nc2-c2cccc(C#N)c2)cc(C)n1. The van der Waals surface area contributed by atoms with Crippen molar-refractivity contribution in [2.45, 2.75) is 53.2 Å². The second-order valence-corrected chi connectivity index (χ2v) is 11.4. The smallest absolute Gasteiger partial charge is 0.410 e. The lowest BCUT2D eigenvalue weighted by Gasteiger charge is -2.39. The van der Waals surface area contributed by atoms with Crippen LogP contribution in [0, 0.1) is 25.2 Å². The van der Waals surface area contributed by atoms with Crippen LogP contribution in [0.5, 0.6) is 0 Å². The molecule has 0 unspecified atom stereocenters. The van der Waals surface area contributed by atoms with Gasteiger partial charge >= 0.3 is 12.1 Å². The molecule has 38 heavy (non-hydrogen) atoms. The molecule has 1 aliphatic rings. The van der Waals surface area contributed by atoms with Gasteiger partial charge in [-0.1, -0.05) is 23.5 Å². The van der Waals surface area contributed by atoms with Crippen molar-refractivity contribution < 1.29 is 14.3 Å². The van der Waals surface area contributed by atoms with Crippen LogP contribution in [-0.4, -0.2) is 63.2 Å². The number of carbonyl (C=O) groups excluding carboxylic acids is 2. The number of thiazole rings is 1. The van der Waals surface area contributed by atoms with Gasteiger partial charge in [-0.3, -0.25) is 10.3 Å². The predicted molar refractivity (Wildman–Crippen MR) is 148 cm³/mol. The van der Waals surface area contributed by atoms with Crippen molar-refractivity contribution in [2.75, 3.05) is 25.0 Å². The van der Waals surface area contributed by atoms with E-state index in [-0.39, 0.29) is 18.2 Å². The van der Waals surface area contributed by atoms with E-state index in [2.05, 4.69) is 16.4 Å². The monoisotopic (exact) mass is 532 g/mol. The molecule has 1 saturated heterocycles. The molecule has 198 valence electrons. The van der Waals surface area contributed by atoms with Crippen LogP contribution in [0.15, 0.2) is 36.4 Å². The highest BCUT2D eigenvalue weighted by Gasteiger charge is 2.32. The third-order valence-corrected chi connectivity index (χ3v) is 7.01. The maximum Gasteiger partial charge on any atom is 0.410 e. The molecule has 1 atom stereocenters. The molecule has 0 spiro atoms. The zero-order valence-electron chi connectivity index (χ0n) is 22.5. The minimum absolute atomic E-state index is 0.201. The van der Waals surface area contributed by atoms with Crippen LogP contribution < -0.4 is 5.32 Å². The number of rotatable bonds is 3. The van der Waals surface area contributed by atoms with Crippen LogP contribution in [0.1, 0.15) is 44.6 Å². The van der Waals surface area contributed by atoms with Gasteiger partial charge in [-0.05, 0) is 71.4 Å². The Hall–Kier alpha value is -3.97. The van der Waals surface area contributed by atoms with Crippen molar-refractivity contribution in [3.05, 3.63) is 53.3 Å². The summed E-state index contributed by atoms with van der Waals surface area (Å²) in [5.74, 6) is 0. The number of carbonyl (C=O) groups is 2. The molecule has 4 rings (SSSR count). The fraction of sp³-hybridized carbons (Fsp3) is 0.393. The van der Waals surface area contributed by atoms with E-state index in [1.54, 1.807) is 21.9 Å². The molecular weight excluding hydrogens is 500 g/mol. The molecular formula is C28H32N6O3S. The lowest BCUT2D eigenvalue weighted by atomic mass is 10.0. The van der Waals surface area contributed by atoms with Crippen molar-refractivity contribution >= 4 is 28.6 Å². The number of nitriles is 1. The van der Waals surface area contributed by atoms with E-state index in [9.17, 15) is 14.9 Å². The second-order valence-electron chi connectivity index (χ2n) is 10.4. The molecule has 0 aliphatic carbocycles. The standard InChI is InChI=1S/C28H32N6O3S/c1-17-12-22(13-18(2)30-17)24-23(21-9-7-8-20(14-21)15-29)31-25(38-24)32-26(35)34-11-10-33(16-19(34)3)27(36)37-28(4,5)6/h7-9,12-14,19H,10-11,16H2,1-6H3,(H,31,32,35)/t19-/m1/s1. The number of hydrogen-bond acceptors (Lipinski definition) is 7. The Bertz CT molecular complexity index is 1380. The first kappa shape index (κ1) is 27.1. The number of amides is 3. The summed E-state index contributed by atoms with van der Waals surface area (Å²) in [6.45, 7) is 12.4. The van der Waals surface area contributed by atoms with Gasteiger partial charge in [-0.25, -0.2) is 14.6 Å². The normalized spacial score (nSPS) is 15.7. The van der Waals surface area contributed by atoms with Crippen LogP contribution in [0.3, 0.4) is 0 Å². The van der Waals surface area contributed by atoms with E-state index < -0.39 is 5.60 Å². The highest BCUT2D eigenvalue weighted by Crippen LogP contribution is 2.40. The molecule has 10 heteroatoms. The third kappa shape index (κ3) is 6.29. The minimum atomic E-state index is -0.576. The Balaban J connectivity index is 1.58. The van der Waals surface area contributed by atoms with Crippen molar-refractivity contribution in [1.29, 1.82) is 5.26 Å². The number of anilines is 1. The lowest BCUT2D eigenvalue weighted by molar-refractivity contribution is 0.0112. The lowest BCUT2D eigenvalue weighted by Crippen LogP contribution is -2.57. The Morgan fingerprint density at radius 1 is 1.11 bits per heavy atom. The number of pyridine rings is 1. The van der Waals surface area contributed by atoms with Gasteiger partial charge in [-0.15, -0.1) is 0 Å². The fourth-order valence-electron chi connectivity index (χ4n) is 4.38. The Morgan fingerprint density at radius 3 is 2.45 bits per heavy atom. The molecule has 1 aromatic carbocycles. The van der Waals surface area contributed by atoms with Gasteiger partial charge in [-0.2, -0.15) is 5.26 Å². The second kappa shape index (κ2) is 10.8. The highest BCUT2D eigenvalue weighted by molar-refractivity contribution is 7.19. The number of urea groups is 1.